The van der Waals surface area contributed by atoms with Crippen molar-refractivity contribution in [3.05, 3.63) is 16.5 Å². The first-order chi connectivity index (χ1) is 8.20. The number of aromatic nitrogens is 2. The van der Waals surface area contributed by atoms with Crippen LogP contribution in [0, 0.1) is 12.8 Å². The van der Waals surface area contributed by atoms with Gasteiger partial charge in [0.15, 0.2) is 0 Å². The van der Waals surface area contributed by atoms with Crippen LogP contribution in [0.2, 0.25) is 5.15 Å². The van der Waals surface area contributed by atoms with E-state index in [1.54, 1.807) is 0 Å². The maximum atomic E-state index is 6.08. The van der Waals surface area contributed by atoms with Crippen LogP contribution in [0.4, 0.5) is 0 Å². The van der Waals surface area contributed by atoms with Gasteiger partial charge < -0.3 is 4.74 Å². The van der Waals surface area contributed by atoms with E-state index in [4.69, 9.17) is 16.3 Å². The van der Waals surface area contributed by atoms with Crippen LogP contribution in [-0.4, -0.2) is 16.6 Å². The van der Waals surface area contributed by atoms with Crippen molar-refractivity contribution in [3.8, 4) is 5.88 Å². The highest BCUT2D eigenvalue weighted by atomic mass is 35.5. The van der Waals surface area contributed by atoms with E-state index in [1.165, 1.54) is 12.8 Å². The van der Waals surface area contributed by atoms with Crippen molar-refractivity contribution in [2.75, 3.05) is 6.61 Å². The number of aryl methyl sites for hydroxylation is 1. The van der Waals surface area contributed by atoms with Crippen LogP contribution < -0.4 is 4.74 Å². The van der Waals surface area contributed by atoms with Gasteiger partial charge in [-0.05, 0) is 25.7 Å². The molecule has 0 bridgehead atoms. The number of hydrogen-bond donors (Lipinski definition) is 0. The second-order valence-electron chi connectivity index (χ2n) is 4.69. The van der Waals surface area contributed by atoms with Crippen LogP contribution in [0.5, 0.6) is 5.88 Å². The molecule has 0 aliphatic heterocycles. The summed E-state index contributed by atoms with van der Waals surface area (Å²) >= 11 is 6.08. The van der Waals surface area contributed by atoms with E-state index in [-0.39, 0.29) is 0 Å². The Morgan fingerprint density at radius 1 is 1.35 bits per heavy atom. The molecule has 17 heavy (non-hydrogen) atoms. The van der Waals surface area contributed by atoms with Gasteiger partial charge in [-0.2, -0.15) is 4.98 Å². The minimum absolute atomic E-state index is 0.518. The average Bonchev–Trinajstić information content (AvgIpc) is 3.09. The molecule has 1 fully saturated rings. The molecule has 0 radical (unpaired) electrons. The van der Waals surface area contributed by atoms with E-state index < -0.39 is 0 Å². The lowest BCUT2D eigenvalue weighted by Crippen LogP contribution is -2.05. The van der Waals surface area contributed by atoms with Crippen molar-refractivity contribution >= 4 is 11.6 Å². The van der Waals surface area contributed by atoms with Gasteiger partial charge in [0.25, 0.3) is 0 Å². The second-order valence-corrected chi connectivity index (χ2v) is 5.05. The summed E-state index contributed by atoms with van der Waals surface area (Å²) in [6.07, 6.45) is 5.70. The van der Waals surface area contributed by atoms with Gasteiger partial charge in [-0.1, -0.05) is 31.4 Å². The number of hydrogen-bond acceptors (Lipinski definition) is 3. The molecule has 0 N–H and O–H groups in total. The molecule has 1 saturated carbocycles. The monoisotopic (exact) mass is 254 g/mol. The first-order valence-corrected chi connectivity index (χ1v) is 6.74. The average molecular weight is 255 g/mol. The van der Waals surface area contributed by atoms with Crippen LogP contribution >= 0.6 is 11.6 Å². The van der Waals surface area contributed by atoms with Crippen molar-refractivity contribution in [2.45, 2.75) is 46.0 Å². The van der Waals surface area contributed by atoms with Crippen LogP contribution in [0.1, 0.15) is 44.0 Å². The van der Waals surface area contributed by atoms with Crippen molar-refractivity contribution in [3.63, 3.8) is 0 Å². The standard InChI is InChI=1S/C13H19ClN2O/c1-3-4-11-15-12(14)9(2)13(16-11)17-8-7-10-5-6-10/h10H,3-8H2,1-2H3. The minimum Gasteiger partial charge on any atom is -0.477 e. The molecule has 3 nitrogen and oxygen atoms in total. The molecule has 4 heteroatoms. The van der Waals surface area contributed by atoms with Gasteiger partial charge in [-0.3, -0.25) is 0 Å². The second kappa shape index (κ2) is 5.67. The highest BCUT2D eigenvalue weighted by molar-refractivity contribution is 6.30. The fraction of sp³-hybridized carbons (Fsp3) is 0.692. The molecule has 1 aliphatic carbocycles. The molecule has 0 atom stereocenters. The summed E-state index contributed by atoms with van der Waals surface area (Å²) in [6.45, 7) is 4.75. The maximum absolute atomic E-state index is 6.08. The van der Waals surface area contributed by atoms with Gasteiger partial charge in [0, 0.05) is 12.0 Å². The van der Waals surface area contributed by atoms with E-state index in [1.807, 2.05) is 6.92 Å². The fourth-order valence-electron chi connectivity index (χ4n) is 1.72. The molecular formula is C13H19ClN2O. The summed E-state index contributed by atoms with van der Waals surface area (Å²) in [4.78, 5) is 8.68. The van der Waals surface area contributed by atoms with Crippen LogP contribution in [-0.2, 0) is 6.42 Å². The lowest BCUT2D eigenvalue weighted by molar-refractivity contribution is 0.287. The Morgan fingerprint density at radius 2 is 2.12 bits per heavy atom. The Morgan fingerprint density at radius 3 is 2.76 bits per heavy atom. The fourth-order valence-corrected chi connectivity index (χ4v) is 1.89. The Bertz CT molecular complexity index is 391. The molecule has 1 aromatic heterocycles. The topological polar surface area (TPSA) is 35.0 Å². The predicted molar refractivity (Wildman–Crippen MR) is 68.6 cm³/mol. The van der Waals surface area contributed by atoms with E-state index in [2.05, 4.69) is 16.9 Å². The number of nitrogens with zero attached hydrogens (tertiary/aromatic N) is 2. The third-order valence-corrected chi connectivity index (χ3v) is 3.39. The van der Waals surface area contributed by atoms with E-state index >= 15 is 0 Å². The van der Waals surface area contributed by atoms with E-state index in [9.17, 15) is 0 Å². The first-order valence-electron chi connectivity index (χ1n) is 6.36. The summed E-state index contributed by atoms with van der Waals surface area (Å²) in [5, 5.41) is 0.518. The summed E-state index contributed by atoms with van der Waals surface area (Å²) < 4.78 is 5.72. The van der Waals surface area contributed by atoms with Gasteiger partial charge in [-0.25, -0.2) is 4.98 Å². The summed E-state index contributed by atoms with van der Waals surface area (Å²) in [5.41, 5.74) is 0.849. The molecule has 94 valence electrons. The van der Waals surface area contributed by atoms with E-state index in [0.29, 0.717) is 11.0 Å². The SMILES string of the molecule is CCCc1nc(Cl)c(C)c(OCCC2CC2)n1. The zero-order valence-electron chi connectivity index (χ0n) is 10.5. The molecular weight excluding hydrogens is 236 g/mol. The van der Waals surface area contributed by atoms with Crippen molar-refractivity contribution < 1.29 is 4.74 Å². The van der Waals surface area contributed by atoms with Crippen LogP contribution in [0.25, 0.3) is 0 Å². The third-order valence-electron chi connectivity index (χ3n) is 3.02. The third kappa shape index (κ3) is 3.56. The molecule has 1 heterocycles. The van der Waals surface area contributed by atoms with Crippen molar-refractivity contribution in [1.82, 2.24) is 9.97 Å². The first kappa shape index (κ1) is 12.6. The van der Waals surface area contributed by atoms with Gasteiger partial charge >= 0.3 is 0 Å². The highest BCUT2D eigenvalue weighted by Crippen LogP contribution is 2.32. The molecule has 0 spiro atoms. The summed E-state index contributed by atoms with van der Waals surface area (Å²) in [7, 11) is 0. The number of rotatable bonds is 6. The normalized spacial score (nSPS) is 15.0. The Balaban J connectivity index is 2.01. The Kier molecular flexibility index (Phi) is 4.21. The lowest BCUT2D eigenvalue weighted by Gasteiger charge is -2.10. The molecule has 2 rings (SSSR count). The van der Waals surface area contributed by atoms with Gasteiger partial charge in [0.1, 0.15) is 11.0 Å². The van der Waals surface area contributed by atoms with Gasteiger partial charge in [0.2, 0.25) is 5.88 Å². The van der Waals surface area contributed by atoms with Gasteiger partial charge in [0.05, 0.1) is 6.61 Å². The molecule has 0 unspecified atom stereocenters. The maximum Gasteiger partial charge on any atom is 0.221 e. The predicted octanol–water partition coefficient (Wildman–Crippen LogP) is 3.57. The van der Waals surface area contributed by atoms with Crippen molar-refractivity contribution in [2.24, 2.45) is 5.92 Å². The molecule has 1 aromatic rings. The molecule has 0 aromatic carbocycles. The number of halogens is 1. The summed E-state index contributed by atoms with van der Waals surface area (Å²) in [6, 6.07) is 0. The molecule has 1 aliphatic rings. The lowest BCUT2D eigenvalue weighted by atomic mass is 10.3. The minimum atomic E-state index is 0.518. The quantitative estimate of drug-likeness (QED) is 0.728. The largest absolute Gasteiger partial charge is 0.477 e. The smallest absolute Gasteiger partial charge is 0.221 e. The van der Waals surface area contributed by atoms with Crippen molar-refractivity contribution in [1.29, 1.82) is 0 Å². The number of ether oxygens (including phenoxy) is 1. The zero-order valence-corrected chi connectivity index (χ0v) is 11.3. The Hall–Kier alpha value is -0.830. The van der Waals surface area contributed by atoms with E-state index in [0.717, 1.165) is 43.2 Å². The molecule has 0 saturated heterocycles. The summed E-state index contributed by atoms with van der Waals surface area (Å²) in [5.74, 6) is 2.32. The zero-order chi connectivity index (χ0) is 12.3. The molecule has 0 amide bonds. The highest BCUT2D eigenvalue weighted by Gasteiger charge is 2.21. The van der Waals surface area contributed by atoms with Crippen LogP contribution in [0.3, 0.4) is 0 Å². The van der Waals surface area contributed by atoms with Crippen LogP contribution in [0.15, 0.2) is 0 Å². The van der Waals surface area contributed by atoms with Gasteiger partial charge in [-0.15, -0.1) is 0 Å². The Labute approximate surface area is 108 Å².